The van der Waals surface area contributed by atoms with Crippen LogP contribution in [-0.4, -0.2) is 55.0 Å². The number of aliphatic imine (C=N–C) groups is 1. The maximum absolute atomic E-state index is 11.6. The van der Waals surface area contributed by atoms with Crippen LogP contribution in [0.4, 0.5) is 0 Å². The lowest BCUT2D eigenvalue weighted by Gasteiger charge is -2.40. The fourth-order valence-corrected chi connectivity index (χ4v) is 4.79. The molecule has 0 saturated carbocycles. The van der Waals surface area contributed by atoms with Crippen LogP contribution in [0.5, 0.6) is 0 Å². The van der Waals surface area contributed by atoms with Gasteiger partial charge in [0, 0.05) is 56.4 Å². The van der Waals surface area contributed by atoms with E-state index in [4.69, 9.17) is 0 Å². The summed E-state index contributed by atoms with van der Waals surface area (Å²) in [6.45, 7) is 7.71. The number of carbonyl (C=O) groups excluding carboxylic acids is 1. The number of guanidine groups is 1. The lowest BCUT2D eigenvalue weighted by molar-refractivity contribution is -0.119. The quantitative estimate of drug-likeness (QED) is 0.398. The summed E-state index contributed by atoms with van der Waals surface area (Å²) < 4.78 is 0. The van der Waals surface area contributed by atoms with Crippen LogP contribution in [0.1, 0.15) is 34.8 Å². The van der Waals surface area contributed by atoms with Crippen molar-refractivity contribution < 1.29 is 4.79 Å². The van der Waals surface area contributed by atoms with Gasteiger partial charge in [0.2, 0.25) is 5.91 Å². The Morgan fingerprint density at radius 3 is 2.88 bits per heavy atom. The first-order valence-electron chi connectivity index (χ1n) is 8.66. The molecule has 2 N–H and O–H groups in total. The topological polar surface area (TPSA) is 69.6 Å². The Bertz CT molecular complexity index is 647. The third-order valence-corrected chi connectivity index (χ3v) is 6.14. The van der Waals surface area contributed by atoms with Crippen LogP contribution in [-0.2, 0) is 11.2 Å². The van der Waals surface area contributed by atoms with E-state index in [-0.39, 0.29) is 35.3 Å². The number of amides is 1. The van der Waals surface area contributed by atoms with Gasteiger partial charge in [-0.1, -0.05) is 0 Å². The van der Waals surface area contributed by atoms with Gasteiger partial charge in [0.15, 0.2) is 5.96 Å². The predicted octanol–water partition coefficient (Wildman–Crippen LogP) is 2.10. The summed E-state index contributed by atoms with van der Waals surface area (Å²) in [5.41, 5.74) is 1.24. The second-order valence-electron chi connectivity index (χ2n) is 6.94. The van der Waals surface area contributed by atoms with Crippen LogP contribution in [0.2, 0.25) is 0 Å². The first-order valence-corrected chi connectivity index (χ1v) is 9.48. The summed E-state index contributed by atoms with van der Waals surface area (Å²) in [7, 11) is 1.84. The fourth-order valence-electron chi connectivity index (χ4n) is 3.85. The maximum atomic E-state index is 11.6. The Balaban J connectivity index is 0.00000225. The Labute approximate surface area is 170 Å². The SMILES string of the molecule is CN=C(NCCc1sc(C)nc1C)N1CCCC2(CNC(=O)C2)C1.I. The second-order valence-corrected chi connectivity index (χ2v) is 8.23. The zero-order valence-electron chi connectivity index (χ0n) is 15.2. The number of nitrogens with one attached hydrogen (secondary N) is 2. The summed E-state index contributed by atoms with van der Waals surface area (Å²) in [5.74, 6) is 1.14. The van der Waals surface area contributed by atoms with E-state index < -0.39 is 0 Å². The molecule has 6 nitrogen and oxygen atoms in total. The minimum Gasteiger partial charge on any atom is -0.356 e. The highest BCUT2D eigenvalue weighted by molar-refractivity contribution is 14.0. The van der Waals surface area contributed by atoms with Gasteiger partial charge in [-0.15, -0.1) is 35.3 Å². The molecule has 2 aliphatic rings. The van der Waals surface area contributed by atoms with Gasteiger partial charge in [0.05, 0.1) is 10.7 Å². The molecule has 1 unspecified atom stereocenters. The summed E-state index contributed by atoms with van der Waals surface area (Å²) >= 11 is 1.77. The lowest BCUT2D eigenvalue weighted by atomic mass is 9.79. The molecule has 8 heteroatoms. The number of piperidine rings is 1. The van der Waals surface area contributed by atoms with Gasteiger partial charge in [-0.25, -0.2) is 4.98 Å². The van der Waals surface area contributed by atoms with E-state index >= 15 is 0 Å². The van der Waals surface area contributed by atoms with Gasteiger partial charge in [0.25, 0.3) is 0 Å². The molecular formula is C17H28IN5OS. The number of hydrogen-bond donors (Lipinski definition) is 2. The number of hydrogen-bond acceptors (Lipinski definition) is 4. The minimum atomic E-state index is 0. The summed E-state index contributed by atoms with van der Waals surface area (Å²) in [4.78, 5) is 24.2. The molecule has 1 amide bonds. The molecule has 0 aromatic carbocycles. The van der Waals surface area contributed by atoms with Gasteiger partial charge in [-0.2, -0.15) is 0 Å². The first-order chi connectivity index (χ1) is 11.5. The monoisotopic (exact) mass is 477 g/mol. The van der Waals surface area contributed by atoms with Crippen molar-refractivity contribution >= 4 is 47.2 Å². The first kappa shape index (κ1) is 20.4. The number of nitrogens with zero attached hydrogens (tertiary/aromatic N) is 3. The van der Waals surface area contributed by atoms with Crippen LogP contribution in [0.3, 0.4) is 0 Å². The number of rotatable bonds is 3. The number of thiazole rings is 1. The number of aromatic nitrogens is 1. The fraction of sp³-hybridized carbons (Fsp3) is 0.706. The molecule has 1 spiro atoms. The van der Waals surface area contributed by atoms with Crippen molar-refractivity contribution in [2.75, 3.05) is 33.2 Å². The van der Waals surface area contributed by atoms with Crippen molar-refractivity contribution in [3.63, 3.8) is 0 Å². The molecule has 2 fully saturated rings. The summed E-state index contributed by atoms with van der Waals surface area (Å²) in [5, 5.41) is 7.62. The van der Waals surface area contributed by atoms with Crippen molar-refractivity contribution in [2.24, 2.45) is 10.4 Å². The molecule has 1 aromatic rings. The van der Waals surface area contributed by atoms with E-state index in [1.54, 1.807) is 11.3 Å². The highest BCUT2D eigenvalue weighted by Crippen LogP contribution is 2.35. The molecule has 140 valence electrons. The predicted molar refractivity (Wildman–Crippen MR) is 113 cm³/mol. The van der Waals surface area contributed by atoms with Crippen molar-refractivity contribution in [2.45, 2.75) is 39.5 Å². The molecule has 3 heterocycles. The van der Waals surface area contributed by atoms with Crippen molar-refractivity contribution in [3.8, 4) is 0 Å². The Hall–Kier alpha value is -0.900. The highest BCUT2D eigenvalue weighted by atomic mass is 127. The second kappa shape index (κ2) is 8.66. The van der Waals surface area contributed by atoms with E-state index in [0.717, 1.165) is 62.1 Å². The molecule has 2 aliphatic heterocycles. The highest BCUT2D eigenvalue weighted by Gasteiger charge is 2.42. The summed E-state index contributed by atoms with van der Waals surface area (Å²) in [6.07, 6.45) is 3.86. The normalized spacial score (nSPS) is 23.6. The van der Waals surface area contributed by atoms with Gasteiger partial charge < -0.3 is 15.5 Å². The maximum Gasteiger partial charge on any atom is 0.220 e. The Kier molecular flexibility index (Phi) is 7.07. The van der Waals surface area contributed by atoms with E-state index in [1.807, 2.05) is 7.05 Å². The molecule has 3 rings (SSSR count). The van der Waals surface area contributed by atoms with Crippen LogP contribution < -0.4 is 10.6 Å². The lowest BCUT2D eigenvalue weighted by Crippen LogP contribution is -2.51. The number of likely N-dealkylation sites (tertiary alicyclic amines) is 1. The molecule has 0 radical (unpaired) electrons. The third kappa shape index (κ3) is 4.84. The third-order valence-electron chi connectivity index (χ3n) is 5.00. The average molecular weight is 477 g/mol. The number of halogens is 1. The molecule has 0 bridgehead atoms. The van der Waals surface area contributed by atoms with Crippen LogP contribution in [0.25, 0.3) is 0 Å². The molecule has 1 atom stereocenters. The number of carbonyl (C=O) groups is 1. The standard InChI is InChI=1S/C17H27N5OS.HI/c1-12-14(24-13(2)21-12)5-7-19-16(18-3)22-8-4-6-17(11-22)9-15(23)20-10-17;/h4-11H2,1-3H3,(H,18,19)(H,20,23);1H. The zero-order chi connectivity index (χ0) is 17.2. The van der Waals surface area contributed by atoms with Crippen LogP contribution in [0, 0.1) is 19.3 Å². The average Bonchev–Trinajstić information content (AvgIpc) is 3.06. The van der Waals surface area contributed by atoms with E-state index in [1.165, 1.54) is 4.88 Å². The molecule has 2 saturated heterocycles. The van der Waals surface area contributed by atoms with E-state index in [9.17, 15) is 4.79 Å². The minimum absolute atomic E-state index is 0. The number of aryl methyl sites for hydroxylation is 2. The van der Waals surface area contributed by atoms with Gasteiger partial charge in [-0.05, 0) is 26.7 Å². The van der Waals surface area contributed by atoms with Gasteiger partial charge in [0.1, 0.15) is 0 Å². The Morgan fingerprint density at radius 2 is 2.28 bits per heavy atom. The summed E-state index contributed by atoms with van der Waals surface area (Å²) in [6, 6.07) is 0. The van der Waals surface area contributed by atoms with Gasteiger partial charge >= 0.3 is 0 Å². The molecule has 25 heavy (non-hydrogen) atoms. The largest absolute Gasteiger partial charge is 0.356 e. The van der Waals surface area contributed by atoms with Gasteiger partial charge in [-0.3, -0.25) is 9.79 Å². The van der Waals surface area contributed by atoms with Crippen molar-refractivity contribution in [1.29, 1.82) is 0 Å². The van der Waals surface area contributed by atoms with E-state index in [2.05, 4.69) is 39.4 Å². The van der Waals surface area contributed by atoms with Crippen LogP contribution >= 0.6 is 35.3 Å². The van der Waals surface area contributed by atoms with Crippen LogP contribution in [0.15, 0.2) is 4.99 Å². The molecule has 1 aromatic heterocycles. The molecular weight excluding hydrogens is 449 g/mol. The molecule has 0 aliphatic carbocycles. The zero-order valence-corrected chi connectivity index (χ0v) is 18.4. The smallest absolute Gasteiger partial charge is 0.220 e. The van der Waals surface area contributed by atoms with E-state index in [0.29, 0.717) is 6.42 Å². The van der Waals surface area contributed by atoms with Crippen molar-refractivity contribution in [3.05, 3.63) is 15.6 Å². The Morgan fingerprint density at radius 1 is 1.48 bits per heavy atom. The van der Waals surface area contributed by atoms with Crippen molar-refractivity contribution in [1.82, 2.24) is 20.5 Å².